The summed E-state index contributed by atoms with van der Waals surface area (Å²) in [7, 11) is 2.88. The normalized spacial score (nSPS) is 10.3. The van der Waals surface area contributed by atoms with Crippen LogP contribution in [-0.2, 0) is 21.9 Å². The van der Waals surface area contributed by atoms with Crippen LogP contribution in [0.1, 0.15) is 18.1 Å². The molecule has 33 heavy (non-hydrogen) atoms. The molecule has 10 heteroatoms. The molecule has 0 saturated heterocycles. The van der Waals surface area contributed by atoms with E-state index < -0.39 is 5.97 Å². The molecule has 0 atom stereocenters. The first kappa shape index (κ1) is 27.2. The van der Waals surface area contributed by atoms with Crippen molar-refractivity contribution >= 4 is 29.9 Å². The van der Waals surface area contributed by atoms with Crippen LogP contribution in [0.15, 0.2) is 64.7 Å². The Bertz CT molecular complexity index is 1050. The van der Waals surface area contributed by atoms with Gasteiger partial charge in [0.1, 0.15) is 17.2 Å². The van der Waals surface area contributed by atoms with Crippen molar-refractivity contribution in [1.29, 1.82) is 0 Å². The Hall–Kier alpha value is -3.88. The molecule has 0 aliphatic heterocycles. The van der Waals surface area contributed by atoms with Gasteiger partial charge in [-0.2, -0.15) is 0 Å². The van der Waals surface area contributed by atoms with Gasteiger partial charge in [0.05, 0.1) is 14.2 Å². The van der Waals surface area contributed by atoms with Crippen LogP contribution in [0, 0.1) is 0 Å². The summed E-state index contributed by atoms with van der Waals surface area (Å²) in [4.78, 5) is 21.7. The van der Waals surface area contributed by atoms with Gasteiger partial charge in [-0.15, -0.1) is 0 Å². The van der Waals surface area contributed by atoms with Gasteiger partial charge in [-0.3, -0.25) is 4.99 Å². The second-order valence-corrected chi connectivity index (χ2v) is 6.11. The molecule has 0 aliphatic carbocycles. The number of rotatable bonds is 6. The van der Waals surface area contributed by atoms with Gasteiger partial charge < -0.3 is 29.6 Å². The molecule has 0 aliphatic rings. The Morgan fingerprint density at radius 2 is 1.36 bits per heavy atom. The number of benzene rings is 2. The van der Waals surface area contributed by atoms with Crippen LogP contribution in [0.2, 0.25) is 0 Å². The molecular formula is C23H20MnN3O6. The van der Waals surface area contributed by atoms with Crippen LogP contribution in [0.5, 0.6) is 23.0 Å². The van der Waals surface area contributed by atoms with Gasteiger partial charge in [-0.1, -0.05) is 35.8 Å². The maximum Gasteiger partial charge on any atom is 3.00 e. The number of hydrogen-bond acceptors (Lipinski definition) is 9. The van der Waals surface area contributed by atoms with E-state index in [0.717, 1.165) is 6.92 Å². The summed E-state index contributed by atoms with van der Waals surface area (Å²) in [5, 5.41) is 33.3. The number of para-hydroxylation sites is 2. The zero-order chi connectivity index (χ0) is 23.5. The molecule has 170 valence electrons. The molecule has 0 fully saturated rings. The van der Waals surface area contributed by atoms with Gasteiger partial charge in [-0.05, 0) is 42.3 Å². The summed E-state index contributed by atoms with van der Waals surface area (Å²) in [6, 6.07) is 13.3. The number of carbonyl (C=O) groups excluding carboxylic acids is 1. The van der Waals surface area contributed by atoms with Crippen LogP contribution >= 0.6 is 0 Å². The maximum atomic E-state index is 12.2. The average Bonchev–Trinajstić information content (AvgIpc) is 2.78. The molecule has 1 heterocycles. The van der Waals surface area contributed by atoms with E-state index in [1.165, 1.54) is 26.6 Å². The second-order valence-electron chi connectivity index (χ2n) is 6.11. The summed E-state index contributed by atoms with van der Waals surface area (Å²) >= 11 is 0. The second kappa shape index (κ2) is 13.5. The molecule has 2 aromatic carbocycles. The molecule has 0 amide bonds. The Balaban J connectivity index is 0.00000101. The van der Waals surface area contributed by atoms with E-state index in [1.54, 1.807) is 54.7 Å². The molecule has 0 saturated carbocycles. The Kier molecular flexibility index (Phi) is 11.1. The maximum absolute atomic E-state index is 12.2. The van der Waals surface area contributed by atoms with E-state index >= 15 is 0 Å². The third-order valence-electron chi connectivity index (χ3n) is 3.89. The average molecular weight is 489 g/mol. The first-order valence-electron chi connectivity index (χ1n) is 9.26. The molecule has 0 bridgehead atoms. The van der Waals surface area contributed by atoms with Gasteiger partial charge in [0.25, 0.3) is 0 Å². The van der Waals surface area contributed by atoms with E-state index in [4.69, 9.17) is 19.4 Å². The first-order valence-corrected chi connectivity index (χ1v) is 9.26. The number of pyridine rings is 1. The smallest absolute Gasteiger partial charge is 0.870 e. The monoisotopic (exact) mass is 489 g/mol. The Labute approximate surface area is 201 Å². The molecule has 3 aromatic rings. The number of carboxylic acids is 1. The minimum Gasteiger partial charge on any atom is -0.870 e. The van der Waals surface area contributed by atoms with Crippen molar-refractivity contribution in [1.82, 2.24) is 4.98 Å². The van der Waals surface area contributed by atoms with Gasteiger partial charge in [0, 0.05) is 24.6 Å². The van der Waals surface area contributed by atoms with Crippen LogP contribution in [0.4, 0.5) is 11.5 Å². The quantitative estimate of drug-likeness (QED) is 0.377. The molecule has 9 nitrogen and oxygen atoms in total. The van der Waals surface area contributed by atoms with Crippen molar-refractivity contribution < 1.29 is 46.7 Å². The van der Waals surface area contributed by atoms with E-state index in [2.05, 4.69) is 15.0 Å². The summed E-state index contributed by atoms with van der Waals surface area (Å²) in [5.41, 5.74) is 1.21. The van der Waals surface area contributed by atoms with Crippen molar-refractivity contribution in [2.45, 2.75) is 6.92 Å². The Morgan fingerprint density at radius 1 is 0.879 bits per heavy atom. The fourth-order valence-electron chi connectivity index (χ4n) is 2.45. The van der Waals surface area contributed by atoms with Crippen LogP contribution in [0.3, 0.4) is 0 Å². The molecule has 0 radical (unpaired) electrons. The van der Waals surface area contributed by atoms with Crippen LogP contribution < -0.4 is 24.8 Å². The largest absolute Gasteiger partial charge is 3.00 e. The standard InChI is InChI=1S/C21H19N3O4.C2H4O2.Mn/c1-27-17-9-3-6-14(19(17)25)12-23-16-8-5-11-22-21(16)24-13-15-7-4-10-18(28-2)20(15)26;1-2(3)4;/h3-13,25-26H,1-2H3;1H3,(H,3,4);/q;;+3/p-3/b23-12?,24-13-;;. The van der Waals surface area contributed by atoms with Crippen molar-refractivity contribution in [3.8, 4) is 23.0 Å². The number of aromatic nitrogens is 1. The molecule has 0 unspecified atom stereocenters. The van der Waals surface area contributed by atoms with Gasteiger partial charge >= 0.3 is 17.1 Å². The predicted molar refractivity (Wildman–Crippen MR) is 114 cm³/mol. The topological polar surface area (TPSA) is 142 Å². The number of hydrogen-bond donors (Lipinski definition) is 0. The molecule has 0 spiro atoms. The van der Waals surface area contributed by atoms with Crippen LogP contribution in [-0.4, -0.2) is 37.6 Å². The zero-order valence-corrected chi connectivity index (χ0v) is 19.2. The van der Waals surface area contributed by atoms with E-state index in [0.29, 0.717) is 22.6 Å². The molecule has 1 aromatic heterocycles. The van der Waals surface area contributed by atoms with Crippen molar-refractivity contribution in [2.24, 2.45) is 9.98 Å². The molecule has 3 rings (SSSR count). The molecule has 0 N–H and O–H groups in total. The van der Waals surface area contributed by atoms with E-state index in [1.807, 2.05) is 0 Å². The number of carboxylic acid groups (broad SMARTS) is 1. The van der Waals surface area contributed by atoms with Crippen molar-refractivity contribution in [2.75, 3.05) is 14.2 Å². The number of aliphatic carboxylic acids is 1. The number of ether oxygens (including phenoxy) is 2. The van der Waals surface area contributed by atoms with Crippen molar-refractivity contribution in [3.63, 3.8) is 0 Å². The number of nitrogens with zero attached hydrogens (tertiary/aromatic N) is 3. The molecular weight excluding hydrogens is 469 g/mol. The third kappa shape index (κ3) is 7.95. The Morgan fingerprint density at radius 3 is 1.85 bits per heavy atom. The summed E-state index contributed by atoms with van der Waals surface area (Å²) < 4.78 is 10.1. The van der Waals surface area contributed by atoms with Gasteiger partial charge in [0.15, 0.2) is 5.82 Å². The third-order valence-corrected chi connectivity index (χ3v) is 3.89. The van der Waals surface area contributed by atoms with Crippen molar-refractivity contribution in [3.05, 3.63) is 65.9 Å². The minimum atomic E-state index is -1.08. The number of methoxy groups -OCH3 is 2. The fraction of sp³-hybridized carbons (Fsp3) is 0.130. The summed E-state index contributed by atoms with van der Waals surface area (Å²) in [6.07, 6.45) is 4.42. The van der Waals surface area contributed by atoms with Crippen LogP contribution in [0.25, 0.3) is 0 Å². The van der Waals surface area contributed by atoms with Gasteiger partial charge in [0.2, 0.25) is 0 Å². The number of carbonyl (C=O) groups is 1. The SMILES string of the molecule is CC(=O)[O-].COc1cccc(C=Nc2cccnc2/N=C\c2cccc(OC)c2[O-])c1[O-].[Mn+3]. The number of aliphatic imine (C=N–C) groups is 2. The minimum absolute atomic E-state index is 0. The predicted octanol–water partition coefficient (Wildman–Crippen LogP) is 1.50. The summed E-state index contributed by atoms with van der Waals surface area (Å²) in [5.74, 6) is -0.799. The van der Waals surface area contributed by atoms with Gasteiger partial charge in [-0.25, -0.2) is 9.98 Å². The first-order chi connectivity index (χ1) is 15.4. The fourth-order valence-corrected chi connectivity index (χ4v) is 2.45. The van der Waals surface area contributed by atoms with E-state index in [-0.39, 0.29) is 40.1 Å². The van der Waals surface area contributed by atoms with E-state index in [9.17, 15) is 10.2 Å². The zero-order valence-electron chi connectivity index (χ0n) is 18.0. The summed E-state index contributed by atoms with van der Waals surface area (Å²) in [6.45, 7) is 0.972.